The summed E-state index contributed by atoms with van der Waals surface area (Å²) in [6.07, 6.45) is 3.70. The number of nitrogens with zero attached hydrogens (tertiary/aromatic N) is 2. The van der Waals surface area contributed by atoms with Crippen molar-refractivity contribution in [1.82, 2.24) is 20.3 Å². The van der Waals surface area contributed by atoms with Gasteiger partial charge in [-0.15, -0.1) is 24.0 Å². The van der Waals surface area contributed by atoms with Crippen molar-refractivity contribution in [3.8, 4) is 0 Å². The first-order valence-electron chi connectivity index (χ1n) is 8.95. The zero-order chi connectivity index (χ0) is 19.3. The Bertz CT molecular complexity index is 627. The van der Waals surface area contributed by atoms with Gasteiger partial charge in [-0.2, -0.15) is 0 Å². The molecule has 1 aromatic heterocycles. The number of halogens is 1. The highest BCUT2D eigenvalue weighted by molar-refractivity contribution is 14.0. The third-order valence-electron chi connectivity index (χ3n) is 3.17. The second-order valence-corrected chi connectivity index (χ2v) is 7.86. The molecule has 0 saturated carbocycles. The van der Waals surface area contributed by atoms with E-state index < -0.39 is 10.0 Å². The molecule has 0 fully saturated rings. The predicted molar refractivity (Wildman–Crippen MR) is 119 cm³/mol. The molecule has 8 nitrogen and oxygen atoms in total. The van der Waals surface area contributed by atoms with Crippen molar-refractivity contribution in [3.05, 3.63) is 24.5 Å². The lowest BCUT2D eigenvalue weighted by Gasteiger charge is -2.12. The van der Waals surface area contributed by atoms with Gasteiger partial charge >= 0.3 is 0 Å². The Balaban J connectivity index is 0.00000676. The van der Waals surface area contributed by atoms with Gasteiger partial charge < -0.3 is 15.4 Å². The highest BCUT2D eigenvalue weighted by Crippen LogP contribution is 2.04. The number of guanidine groups is 1. The Morgan fingerprint density at radius 1 is 1.30 bits per heavy atom. The van der Waals surface area contributed by atoms with Gasteiger partial charge in [-0.1, -0.05) is 13.8 Å². The molecule has 3 N–H and O–H groups in total. The zero-order valence-corrected chi connectivity index (χ0v) is 19.4. The lowest BCUT2D eigenvalue weighted by atomic mass is 10.2. The van der Waals surface area contributed by atoms with Crippen molar-refractivity contribution in [1.29, 1.82) is 0 Å². The van der Waals surface area contributed by atoms with E-state index >= 15 is 0 Å². The van der Waals surface area contributed by atoms with Crippen LogP contribution >= 0.6 is 24.0 Å². The van der Waals surface area contributed by atoms with Gasteiger partial charge in [0.25, 0.3) is 0 Å². The van der Waals surface area contributed by atoms with E-state index in [2.05, 4.69) is 39.2 Å². The van der Waals surface area contributed by atoms with Crippen LogP contribution in [-0.2, 0) is 14.8 Å². The number of pyridine rings is 1. The average molecular weight is 513 g/mol. The fourth-order valence-corrected chi connectivity index (χ4v) is 2.97. The third kappa shape index (κ3) is 12.2. The maximum absolute atomic E-state index is 12.1. The first kappa shape index (κ1) is 26.0. The summed E-state index contributed by atoms with van der Waals surface area (Å²) in [5.74, 6) is 1.20. The number of sulfonamides is 1. The molecular weight excluding hydrogens is 481 g/mol. The van der Waals surface area contributed by atoms with Gasteiger partial charge in [0.1, 0.15) is 4.90 Å². The first-order chi connectivity index (χ1) is 12.5. The highest BCUT2D eigenvalue weighted by atomic mass is 127. The molecule has 0 unspecified atom stereocenters. The minimum Gasteiger partial charge on any atom is -0.381 e. The molecule has 156 valence electrons. The first-order valence-corrected chi connectivity index (χ1v) is 10.4. The molecule has 0 spiro atoms. The predicted octanol–water partition coefficient (Wildman–Crippen LogP) is 1.60. The summed E-state index contributed by atoms with van der Waals surface area (Å²) >= 11 is 0. The van der Waals surface area contributed by atoms with Crippen molar-refractivity contribution in [3.63, 3.8) is 0 Å². The van der Waals surface area contributed by atoms with Crippen molar-refractivity contribution < 1.29 is 13.2 Å². The molecule has 0 aliphatic carbocycles. The molecule has 0 aliphatic heterocycles. The van der Waals surface area contributed by atoms with Crippen LogP contribution in [0.5, 0.6) is 0 Å². The Labute approximate surface area is 180 Å². The van der Waals surface area contributed by atoms with Gasteiger partial charge in [-0.3, -0.25) is 9.98 Å². The topological polar surface area (TPSA) is 105 Å². The van der Waals surface area contributed by atoms with Crippen LogP contribution < -0.4 is 15.4 Å². The minimum absolute atomic E-state index is 0. The molecule has 0 amide bonds. The molecule has 0 saturated heterocycles. The van der Waals surface area contributed by atoms with E-state index in [0.717, 1.165) is 19.6 Å². The van der Waals surface area contributed by atoms with Crippen LogP contribution in [0.15, 0.2) is 34.4 Å². The van der Waals surface area contributed by atoms with Crippen molar-refractivity contribution in [2.24, 2.45) is 10.9 Å². The van der Waals surface area contributed by atoms with Gasteiger partial charge in [0, 0.05) is 51.8 Å². The molecule has 1 rings (SSSR count). The van der Waals surface area contributed by atoms with Crippen LogP contribution in [-0.4, -0.2) is 58.8 Å². The summed E-state index contributed by atoms with van der Waals surface area (Å²) in [7, 11) is -3.53. The SMILES string of the molecule is CCNC(=NCCCOCC(C)C)NCCNS(=O)(=O)c1cccnc1.I. The Morgan fingerprint density at radius 3 is 2.70 bits per heavy atom. The molecule has 0 atom stereocenters. The van der Waals surface area contributed by atoms with E-state index in [1.807, 2.05) is 6.92 Å². The van der Waals surface area contributed by atoms with Gasteiger partial charge in [0.15, 0.2) is 5.96 Å². The second kappa shape index (κ2) is 15.0. The fourth-order valence-electron chi connectivity index (χ4n) is 1.97. The lowest BCUT2D eigenvalue weighted by molar-refractivity contribution is 0.109. The average Bonchev–Trinajstić information content (AvgIpc) is 2.62. The normalized spacial score (nSPS) is 11.9. The number of nitrogens with one attached hydrogen (secondary N) is 3. The summed E-state index contributed by atoms with van der Waals surface area (Å²) in [6.45, 7) is 9.72. The van der Waals surface area contributed by atoms with Gasteiger partial charge in [0.05, 0.1) is 0 Å². The Morgan fingerprint density at radius 2 is 2.07 bits per heavy atom. The van der Waals surface area contributed by atoms with Crippen LogP contribution in [0, 0.1) is 5.92 Å². The number of rotatable bonds is 12. The molecule has 1 heterocycles. The highest BCUT2D eigenvalue weighted by Gasteiger charge is 2.12. The number of hydrogen-bond donors (Lipinski definition) is 3. The molecule has 0 aliphatic rings. The molecule has 0 radical (unpaired) electrons. The smallest absolute Gasteiger partial charge is 0.242 e. The van der Waals surface area contributed by atoms with Crippen LogP contribution in [0.3, 0.4) is 0 Å². The fraction of sp³-hybridized carbons (Fsp3) is 0.647. The molecule has 0 aromatic carbocycles. The lowest BCUT2D eigenvalue weighted by Crippen LogP contribution is -2.41. The Kier molecular flexibility index (Phi) is 14.5. The summed E-state index contributed by atoms with van der Waals surface area (Å²) < 4.78 is 32.2. The quantitative estimate of drug-likeness (QED) is 0.170. The Hall–Kier alpha value is -0.980. The summed E-state index contributed by atoms with van der Waals surface area (Å²) in [5.41, 5.74) is 0. The van der Waals surface area contributed by atoms with Gasteiger partial charge in [-0.25, -0.2) is 13.1 Å². The van der Waals surface area contributed by atoms with Crippen LogP contribution in [0.4, 0.5) is 0 Å². The van der Waals surface area contributed by atoms with E-state index in [1.165, 1.54) is 18.5 Å². The number of aliphatic imine (C=N–C) groups is 1. The number of hydrogen-bond acceptors (Lipinski definition) is 5. The van der Waals surface area contributed by atoms with Crippen LogP contribution in [0.2, 0.25) is 0 Å². The van der Waals surface area contributed by atoms with Crippen LogP contribution in [0.25, 0.3) is 0 Å². The monoisotopic (exact) mass is 513 g/mol. The van der Waals surface area contributed by atoms with Crippen molar-refractivity contribution >= 4 is 40.0 Å². The third-order valence-corrected chi connectivity index (χ3v) is 4.61. The van der Waals surface area contributed by atoms with E-state index in [4.69, 9.17) is 4.74 Å². The number of ether oxygens (including phenoxy) is 1. The molecule has 0 bridgehead atoms. The zero-order valence-electron chi connectivity index (χ0n) is 16.3. The van der Waals surface area contributed by atoms with Crippen molar-refractivity contribution in [2.75, 3.05) is 39.4 Å². The molecule has 27 heavy (non-hydrogen) atoms. The number of aromatic nitrogens is 1. The maximum Gasteiger partial charge on any atom is 0.242 e. The minimum atomic E-state index is -3.53. The standard InChI is InChI=1S/C17H31N5O3S.HI/c1-4-19-17(20-9-6-12-25-14-15(2)3)21-10-11-22-26(23,24)16-7-5-8-18-13-16;/h5,7-8,13,15,22H,4,6,9-12,14H2,1-3H3,(H2,19,20,21);1H. The van der Waals surface area contributed by atoms with Gasteiger partial charge in [0.2, 0.25) is 10.0 Å². The second-order valence-electron chi connectivity index (χ2n) is 6.10. The summed E-state index contributed by atoms with van der Waals surface area (Å²) in [6, 6.07) is 3.10. The molecular formula is C17H32IN5O3S. The van der Waals surface area contributed by atoms with Crippen LogP contribution in [0.1, 0.15) is 27.2 Å². The van der Waals surface area contributed by atoms with Gasteiger partial charge in [-0.05, 0) is 31.4 Å². The van der Waals surface area contributed by atoms with Crippen molar-refractivity contribution in [2.45, 2.75) is 32.1 Å². The van der Waals surface area contributed by atoms with E-state index in [0.29, 0.717) is 31.6 Å². The van der Waals surface area contributed by atoms with E-state index in [-0.39, 0.29) is 35.4 Å². The van der Waals surface area contributed by atoms with E-state index in [9.17, 15) is 8.42 Å². The summed E-state index contributed by atoms with van der Waals surface area (Å²) in [4.78, 5) is 8.43. The maximum atomic E-state index is 12.1. The molecule has 1 aromatic rings. The van der Waals surface area contributed by atoms with E-state index in [1.54, 1.807) is 6.07 Å². The largest absolute Gasteiger partial charge is 0.381 e. The summed E-state index contributed by atoms with van der Waals surface area (Å²) in [5, 5.41) is 6.24. The molecule has 10 heteroatoms.